The number of carbonyl (C=O) groups excluding carboxylic acids is 1. The van der Waals surface area contributed by atoms with Crippen molar-refractivity contribution < 1.29 is 31.7 Å². The summed E-state index contributed by atoms with van der Waals surface area (Å²) < 4.78 is 50.3. The van der Waals surface area contributed by atoms with Gasteiger partial charge in [0, 0.05) is 12.1 Å². The molecule has 0 spiro atoms. The van der Waals surface area contributed by atoms with Gasteiger partial charge in [-0.3, -0.25) is 14.9 Å². The fourth-order valence-electron chi connectivity index (χ4n) is 1.23. The Hall–Kier alpha value is -2.14. The number of rotatable bonds is 5. The molecule has 1 aromatic rings. The average molecular weight is 296 g/mol. The Morgan fingerprint density at radius 3 is 2.37 bits per heavy atom. The highest BCUT2D eigenvalue weighted by Gasteiger charge is 2.27. The SMILES string of the molecule is NS(=O)(=O)c1cc(OC(F)F)c(C=O)cc1[N+](=O)[O-]. The van der Waals surface area contributed by atoms with Crippen LogP contribution in [0.25, 0.3) is 0 Å². The highest BCUT2D eigenvalue weighted by Crippen LogP contribution is 2.31. The Morgan fingerprint density at radius 2 is 2.00 bits per heavy atom. The molecule has 0 saturated carbocycles. The Morgan fingerprint density at radius 1 is 1.42 bits per heavy atom. The van der Waals surface area contributed by atoms with E-state index < -0.39 is 43.5 Å². The second-order valence-electron chi connectivity index (χ2n) is 3.16. The summed E-state index contributed by atoms with van der Waals surface area (Å²) in [5.41, 5.74) is -1.61. The number of halogens is 2. The van der Waals surface area contributed by atoms with Crippen molar-refractivity contribution in [2.75, 3.05) is 0 Å². The molecule has 0 bridgehead atoms. The Balaban J connectivity index is 3.61. The summed E-state index contributed by atoms with van der Waals surface area (Å²) in [4.78, 5) is 19.1. The average Bonchev–Trinajstić information content (AvgIpc) is 2.26. The summed E-state index contributed by atoms with van der Waals surface area (Å²) in [6, 6.07) is 0.897. The van der Waals surface area contributed by atoms with Crippen LogP contribution in [0.1, 0.15) is 10.4 Å². The molecule has 0 aliphatic heterocycles. The number of aldehydes is 1. The van der Waals surface area contributed by atoms with E-state index in [1.807, 2.05) is 0 Å². The minimum Gasteiger partial charge on any atom is -0.434 e. The first-order chi connectivity index (χ1) is 8.66. The van der Waals surface area contributed by atoms with Crippen LogP contribution in [-0.4, -0.2) is 26.2 Å². The molecule has 104 valence electrons. The molecule has 8 nitrogen and oxygen atoms in total. The van der Waals surface area contributed by atoms with Crippen LogP contribution >= 0.6 is 0 Å². The Labute approximate surface area is 105 Å². The smallest absolute Gasteiger partial charge is 0.387 e. The summed E-state index contributed by atoms with van der Waals surface area (Å²) in [5, 5.41) is 15.4. The predicted octanol–water partition coefficient (Wildman–Crippen LogP) is 0.656. The van der Waals surface area contributed by atoms with Crippen LogP contribution in [0, 0.1) is 10.1 Å². The van der Waals surface area contributed by atoms with Crippen LogP contribution in [0.2, 0.25) is 0 Å². The lowest BCUT2D eigenvalue weighted by Crippen LogP contribution is -2.15. The molecule has 0 aromatic heterocycles. The maximum Gasteiger partial charge on any atom is 0.387 e. The number of ether oxygens (including phenoxy) is 1. The molecule has 0 heterocycles. The third-order valence-electron chi connectivity index (χ3n) is 1.94. The highest BCUT2D eigenvalue weighted by atomic mass is 32.2. The molecule has 1 aromatic carbocycles. The number of hydrogen-bond donors (Lipinski definition) is 1. The van der Waals surface area contributed by atoms with Gasteiger partial charge in [-0.25, -0.2) is 13.6 Å². The second-order valence-corrected chi connectivity index (χ2v) is 4.69. The second kappa shape index (κ2) is 5.24. The number of nitrogens with two attached hydrogens (primary N) is 1. The normalized spacial score (nSPS) is 11.4. The third-order valence-corrected chi connectivity index (χ3v) is 2.88. The number of benzene rings is 1. The summed E-state index contributed by atoms with van der Waals surface area (Å²) in [6.07, 6.45) is 0.0115. The first-order valence-electron chi connectivity index (χ1n) is 4.42. The fraction of sp³-hybridized carbons (Fsp3) is 0.125. The Bertz CT molecular complexity index is 630. The van der Waals surface area contributed by atoms with E-state index in [2.05, 4.69) is 4.74 Å². The molecule has 0 unspecified atom stereocenters. The van der Waals surface area contributed by atoms with Gasteiger partial charge in [-0.15, -0.1) is 0 Å². The van der Waals surface area contributed by atoms with E-state index in [1.165, 1.54) is 0 Å². The topological polar surface area (TPSA) is 130 Å². The summed E-state index contributed by atoms with van der Waals surface area (Å²) in [6.45, 7) is -3.34. The van der Waals surface area contributed by atoms with Crippen molar-refractivity contribution in [3.63, 3.8) is 0 Å². The number of carbonyl (C=O) groups is 1. The van der Waals surface area contributed by atoms with Gasteiger partial charge in [0.2, 0.25) is 10.0 Å². The molecule has 0 aliphatic rings. The van der Waals surface area contributed by atoms with Crippen molar-refractivity contribution in [1.29, 1.82) is 0 Å². The number of sulfonamides is 1. The number of nitrogens with zero attached hydrogens (tertiary/aromatic N) is 1. The van der Waals surface area contributed by atoms with E-state index in [9.17, 15) is 32.1 Å². The molecule has 0 radical (unpaired) electrons. The lowest BCUT2D eigenvalue weighted by atomic mass is 10.2. The first kappa shape index (κ1) is 14.9. The predicted molar refractivity (Wildman–Crippen MR) is 56.5 cm³/mol. The molecule has 11 heteroatoms. The van der Waals surface area contributed by atoms with Crippen molar-refractivity contribution in [2.24, 2.45) is 5.14 Å². The molecular formula is C8H6F2N2O6S. The molecule has 2 N–H and O–H groups in total. The van der Waals surface area contributed by atoms with E-state index in [-0.39, 0.29) is 6.29 Å². The quantitative estimate of drug-likeness (QED) is 0.482. The van der Waals surface area contributed by atoms with Gasteiger partial charge in [0.1, 0.15) is 5.75 Å². The zero-order valence-electron chi connectivity index (χ0n) is 8.95. The van der Waals surface area contributed by atoms with Gasteiger partial charge in [-0.05, 0) is 0 Å². The lowest BCUT2D eigenvalue weighted by Gasteiger charge is -2.09. The van der Waals surface area contributed by atoms with E-state index in [1.54, 1.807) is 0 Å². The van der Waals surface area contributed by atoms with Gasteiger partial charge in [-0.2, -0.15) is 8.78 Å². The van der Waals surface area contributed by atoms with Crippen LogP contribution in [0.15, 0.2) is 17.0 Å². The zero-order valence-corrected chi connectivity index (χ0v) is 9.76. The number of nitro groups is 1. The van der Waals surface area contributed by atoms with E-state index in [0.29, 0.717) is 12.1 Å². The summed E-state index contributed by atoms with van der Waals surface area (Å²) in [5.74, 6) is -0.820. The van der Waals surface area contributed by atoms with Crippen molar-refractivity contribution >= 4 is 22.0 Å². The standard InChI is InChI=1S/C8H6F2N2O6S/c9-8(10)18-6-2-7(19(11,16)17)5(12(14)15)1-4(6)3-13/h1-3,8H,(H2,11,16,17). The molecule has 0 saturated heterocycles. The van der Waals surface area contributed by atoms with E-state index in [4.69, 9.17) is 5.14 Å². The van der Waals surface area contributed by atoms with Crippen molar-refractivity contribution in [2.45, 2.75) is 11.5 Å². The van der Waals surface area contributed by atoms with Crippen LogP contribution in [0.3, 0.4) is 0 Å². The maximum absolute atomic E-state index is 12.1. The molecule has 0 amide bonds. The number of alkyl halides is 2. The van der Waals surface area contributed by atoms with Gasteiger partial charge >= 0.3 is 6.61 Å². The van der Waals surface area contributed by atoms with Gasteiger partial charge < -0.3 is 4.74 Å². The largest absolute Gasteiger partial charge is 0.434 e. The Kier molecular flexibility index (Phi) is 4.11. The number of hydrogen-bond acceptors (Lipinski definition) is 6. The summed E-state index contributed by atoms with van der Waals surface area (Å²) >= 11 is 0. The number of primary sulfonamides is 1. The van der Waals surface area contributed by atoms with Gasteiger partial charge in [-0.1, -0.05) is 0 Å². The molecular weight excluding hydrogens is 290 g/mol. The lowest BCUT2D eigenvalue weighted by molar-refractivity contribution is -0.387. The summed E-state index contributed by atoms with van der Waals surface area (Å²) in [7, 11) is -4.54. The third kappa shape index (κ3) is 3.42. The zero-order chi connectivity index (χ0) is 14.8. The molecule has 1 rings (SSSR count). The van der Waals surface area contributed by atoms with Crippen LogP contribution < -0.4 is 9.88 Å². The first-order valence-corrected chi connectivity index (χ1v) is 5.96. The van der Waals surface area contributed by atoms with Gasteiger partial charge in [0.15, 0.2) is 11.2 Å². The monoisotopic (exact) mass is 296 g/mol. The van der Waals surface area contributed by atoms with Crippen LogP contribution in [0.4, 0.5) is 14.5 Å². The van der Waals surface area contributed by atoms with Crippen LogP contribution in [0.5, 0.6) is 5.75 Å². The maximum atomic E-state index is 12.1. The molecule has 0 fully saturated rings. The van der Waals surface area contributed by atoms with Crippen molar-refractivity contribution in [1.82, 2.24) is 0 Å². The highest BCUT2D eigenvalue weighted by molar-refractivity contribution is 7.89. The van der Waals surface area contributed by atoms with E-state index in [0.717, 1.165) is 0 Å². The van der Waals surface area contributed by atoms with Crippen molar-refractivity contribution in [3.8, 4) is 5.75 Å². The van der Waals surface area contributed by atoms with Gasteiger partial charge in [0.25, 0.3) is 5.69 Å². The minimum atomic E-state index is -4.54. The molecule has 19 heavy (non-hydrogen) atoms. The number of nitro benzene ring substituents is 1. The molecule has 0 atom stereocenters. The van der Waals surface area contributed by atoms with Crippen LogP contribution in [-0.2, 0) is 10.0 Å². The fourth-order valence-corrected chi connectivity index (χ4v) is 1.92. The van der Waals surface area contributed by atoms with Gasteiger partial charge in [0.05, 0.1) is 10.5 Å². The molecule has 0 aliphatic carbocycles. The van der Waals surface area contributed by atoms with E-state index >= 15 is 0 Å². The minimum absolute atomic E-state index is 0.0115. The van der Waals surface area contributed by atoms with Crippen molar-refractivity contribution in [3.05, 3.63) is 27.8 Å².